The van der Waals surface area contributed by atoms with Gasteiger partial charge in [0.05, 0.1) is 17.1 Å². The van der Waals surface area contributed by atoms with Gasteiger partial charge in [-0.15, -0.1) is 0 Å². The number of hydrogen-bond donors (Lipinski definition) is 0. The third-order valence-electron chi connectivity index (χ3n) is 12.4. The van der Waals surface area contributed by atoms with E-state index in [0.717, 1.165) is 39.9 Å². The van der Waals surface area contributed by atoms with Crippen molar-refractivity contribution in [3.05, 3.63) is 192 Å². The summed E-state index contributed by atoms with van der Waals surface area (Å²) in [5.74, 6) is 1.77. The van der Waals surface area contributed by atoms with E-state index in [1.54, 1.807) is 0 Å². The highest BCUT2D eigenvalue weighted by molar-refractivity contribution is 6.06. The average Bonchev–Trinajstić information content (AvgIpc) is 3.45. The smallest absolute Gasteiger partial charge is 0.152 e. The first-order chi connectivity index (χ1) is 26.8. The van der Waals surface area contributed by atoms with Crippen LogP contribution in [0.3, 0.4) is 0 Å². The molecule has 0 saturated carbocycles. The Morgan fingerprint density at radius 1 is 0.436 bits per heavy atom. The molecule has 0 N–H and O–H groups in total. The Bertz CT molecular complexity index is 2870. The fourth-order valence-corrected chi connectivity index (χ4v) is 9.60. The van der Waals surface area contributed by atoms with Crippen molar-refractivity contribution in [2.45, 2.75) is 38.5 Å². The van der Waals surface area contributed by atoms with Crippen LogP contribution in [0.2, 0.25) is 0 Å². The number of benzene rings is 8. The molecule has 55 heavy (non-hydrogen) atoms. The maximum Gasteiger partial charge on any atom is 0.152 e. The normalized spacial score (nSPS) is 14.9. The first kappa shape index (κ1) is 31.9. The van der Waals surface area contributed by atoms with Crippen LogP contribution in [-0.4, -0.2) is 0 Å². The van der Waals surface area contributed by atoms with E-state index in [1.807, 2.05) is 0 Å². The zero-order valence-electron chi connectivity index (χ0n) is 31.5. The molecule has 2 aliphatic heterocycles. The summed E-state index contributed by atoms with van der Waals surface area (Å²) in [5.41, 5.74) is 16.7. The summed E-state index contributed by atoms with van der Waals surface area (Å²) in [4.78, 5) is 4.92. The average molecular weight is 709 g/mol. The maximum absolute atomic E-state index is 6.69. The van der Waals surface area contributed by atoms with Crippen molar-refractivity contribution in [2.75, 3.05) is 9.80 Å². The van der Waals surface area contributed by atoms with Gasteiger partial charge in [-0.2, -0.15) is 0 Å². The van der Waals surface area contributed by atoms with Crippen LogP contribution in [0.25, 0.3) is 33.0 Å². The Hall–Kier alpha value is -6.58. The lowest BCUT2D eigenvalue weighted by Crippen LogP contribution is -2.32. The van der Waals surface area contributed by atoms with E-state index in [4.69, 9.17) is 4.74 Å². The summed E-state index contributed by atoms with van der Waals surface area (Å²) in [7, 11) is 0. The molecule has 11 rings (SSSR count). The van der Waals surface area contributed by atoms with E-state index in [9.17, 15) is 0 Å². The van der Waals surface area contributed by atoms with E-state index in [2.05, 4.69) is 207 Å². The minimum absolute atomic E-state index is 0.120. The second kappa shape index (κ2) is 11.5. The Balaban J connectivity index is 1.14. The van der Waals surface area contributed by atoms with Crippen LogP contribution in [-0.2, 0) is 10.8 Å². The minimum atomic E-state index is -0.308. The molecule has 8 aromatic carbocycles. The monoisotopic (exact) mass is 708 g/mol. The lowest BCUT2D eigenvalue weighted by atomic mass is 9.73. The molecule has 0 saturated heterocycles. The van der Waals surface area contributed by atoms with Gasteiger partial charge in [-0.3, -0.25) is 0 Å². The van der Waals surface area contributed by atoms with Crippen LogP contribution in [0.4, 0.5) is 34.1 Å². The van der Waals surface area contributed by atoms with Gasteiger partial charge in [0, 0.05) is 33.3 Å². The quantitative estimate of drug-likeness (QED) is 0.181. The predicted molar refractivity (Wildman–Crippen MR) is 229 cm³/mol. The van der Waals surface area contributed by atoms with Crippen molar-refractivity contribution in [3.8, 4) is 33.8 Å². The molecule has 0 atom stereocenters. The van der Waals surface area contributed by atoms with Crippen molar-refractivity contribution in [3.63, 3.8) is 0 Å². The van der Waals surface area contributed by atoms with Crippen LogP contribution in [0, 0.1) is 0 Å². The van der Waals surface area contributed by atoms with Gasteiger partial charge in [-0.25, -0.2) is 0 Å². The van der Waals surface area contributed by atoms with Crippen molar-refractivity contribution >= 4 is 44.9 Å². The molecule has 3 aliphatic rings. The summed E-state index contributed by atoms with van der Waals surface area (Å²) >= 11 is 0. The Morgan fingerprint density at radius 2 is 1.07 bits per heavy atom. The molecule has 0 unspecified atom stereocenters. The van der Waals surface area contributed by atoms with Crippen LogP contribution in [0.5, 0.6) is 11.5 Å². The molecule has 3 nitrogen and oxygen atoms in total. The molecule has 0 bridgehead atoms. The van der Waals surface area contributed by atoms with Gasteiger partial charge in [0.2, 0.25) is 0 Å². The van der Waals surface area contributed by atoms with Crippen molar-refractivity contribution in [2.24, 2.45) is 0 Å². The number of hydrogen-bond acceptors (Lipinski definition) is 3. The van der Waals surface area contributed by atoms with E-state index in [0.29, 0.717) is 0 Å². The lowest BCUT2D eigenvalue weighted by Gasteiger charge is -2.45. The van der Waals surface area contributed by atoms with Gasteiger partial charge in [-0.05, 0) is 104 Å². The molecule has 0 fully saturated rings. The zero-order chi connectivity index (χ0) is 37.1. The van der Waals surface area contributed by atoms with Gasteiger partial charge in [0.1, 0.15) is 0 Å². The highest BCUT2D eigenvalue weighted by atomic mass is 16.5. The SMILES string of the molecule is CC1(C)c2ccccc2-c2ccc(N(c3cccc(-c4ccccc4)c3)c3ccc4c(c3)C(C)(C)c3cccc5c3N4c3c(ccc4ccccc34)O5)cc21. The molecule has 0 amide bonds. The molecule has 2 heterocycles. The van der Waals surface area contributed by atoms with Crippen LogP contribution >= 0.6 is 0 Å². The van der Waals surface area contributed by atoms with Crippen molar-refractivity contribution in [1.82, 2.24) is 0 Å². The highest BCUT2D eigenvalue weighted by Gasteiger charge is 2.43. The Labute approximate surface area is 322 Å². The van der Waals surface area contributed by atoms with Gasteiger partial charge in [-0.1, -0.05) is 143 Å². The fourth-order valence-electron chi connectivity index (χ4n) is 9.60. The van der Waals surface area contributed by atoms with E-state index in [1.165, 1.54) is 61.0 Å². The summed E-state index contributed by atoms with van der Waals surface area (Å²) in [6, 6.07) is 62.2. The lowest BCUT2D eigenvalue weighted by molar-refractivity contribution is 0.472. The molecule has 1 aliphatic carbocycles. The topological polar surface area (TPSA) is 15.7 Å². The minimum Gasteiger partial charge on any atom is -0.453 e. The molecule has 0 aromatic heterocycles. The van der Waals surface area contributed by atoms with E-state index >= 15 is 0 Å². The van der Waals surface area contributed by atoms with Gasteiger partial charge < -0.3 is 14.5 Å². The second-order valence-electron chi connectivity index (χ2n) is 16.2. The standard InChI is InChI=1S/C52H40N2O/c1-51(2)42-21-11-10-20-40(42)41-27-25-37(31-44(41)51)53(36-18-12-17-35(30-36)33-14-6-5-7-15-33)38-26-28-46-45(32-38)52(3,4)43-22-13-23-47-50(43)54(46)49-39-19-9-8-16-34(39)24-29-48(49)55-47/h5-32H,1-4H3. The third kappa shape index (κ3) is 4.56. The predicted octanol–water partition coefficient (Wildman–Crippen LogP) is 14.5. The number of rotatable bonds is 4. The molecular weight excluding hydrogens is 669 g/mol. The summed E-state index contributed by atoms with van der Waals surface area (Å²) in [5, 5.41) is 2.37. The Morgan fingerprint density at radius 3 is 1.95 bits per heavy atom. The molecule has 0 spiro atoms. The van der Waals surface area contributed by atoms with E-state index in [-0.39, 0.29) is 10.8 Å². The van der Waals surface area contributed by atoms with E-state index < -0.39 is 0 Å². The first-order valence-corrected chi connectivity index (χ1v) is 19.3. The highest BCUT2D eigenvalue weighted by Crippen LogP contribution is 2.62. The number of ether oxygens (including phenoxy) is 1. The molecular formula is C52H40N2O. The van der Waals surface area contributed by atoms with Crippen LogP contribution in [0.1, 0.15) is 49.9 Å². The summed E-state index contributed by atoms with van der Waals surface area (Å²) in [6.07, 6.45) is 0. The van der Waals surface area contributed by atoms with Crippen molar-refractivity contribution < 1.29 is 4.74 Å². The molecule has 3 heteroatoms. The first-order valence-electron chi connectivity index (χ1n) is 19.3. The van der Waals surface area contributed by atoms with Crippen LogP contribution < -0.4 is 14.5 Å². The second-order valence-corrected chi connectivity index (χ2v) is 16.2. The molecule has 264 valence electrons. The van der Waals surface area contributed by atoms with Gasteiger partial charge in [0.25, 0.3) is 0 Å². The van der Waals surface area contributed by atoms with Gasteiger partial charge in [0.15, 0.2) is 11.5 Å². The summed E-state index contributed by atoms with van der Waals surface area (Å²) in [6.45, 7) is 9.44. The third-order valence-corrected chi connectivity index (χ3v) is 12.4. The fraction of sp³-hybridized carbons (Fsp3) is 0.115. The molecule has 8 aromatic rings. The Kier molecular flexibility index (Phi) is 6.65. The van der Waals surface area contributed by atoms with Crippen molar-refractivity contribution in [1.29, 1.82) is 0 Å². The number of anilines is 6. The number of para-hydroxylation sites is 1. The summed E-state index contributed by atoms with van der Waals surface area (Å²) < 4.78 is 6.69. The van der Waals surface area contributed by atoms with Gasteiger partial charge >= 0.3 is 0 Å². The zero-order valence-corrected chi connectivity index (χ0v) is 31.5. The number of fused-ring (bicyclic) bond motifs is 9. The largest absolute Gasteiger partial charge is 0.453 e. The number of nitrogens with zero attached hydrogens (tertiary/aromatic N) is 2. The maximum atomic E-state index is 6.69. The molecule has 0 radical (unpaired) electrons. The van der Waals surface area contributed by atoms with Crippen LogP contribution in [0.15, 0.2) is 170 Å².